The number of hydrogen-bond acceptors (Lipinski definition) is 4. The Balaban J connectivity index is 1.35. The smallest absolute Gasteiger partial charge is 0.119 e. The molecule has 2 aliphatic heterocycles. The predicted molar refractivity (Wildman–Crippen MR) is 134 cm³/mol. The summed E-state index contributed by atoms with van der Waals surface area (Å²) >= 11 is 0. The molecule has 3 aliphatic rings. The van der Waals surface area contributed by atoms with Gasteiger partial charge in [0.1, 0.15) is 36.9 Å². The van der Waals surface area contributed by atoms with Crippen LogP contribution in [0.4, 0.5) is 0 Å². The molecule has 0 saturated carbocycles. The molecule has 4 nitrogen and oxygen atoms in total. The molecule has 0 aromatic heterocycles. The van der Waals surface area contributed by atoms with E-state index in [9.17, 15) is 0 Å². The molecule has 0 radical (unpaired) electrons. The minimum atomic E-state index is -0.427. The molecule has 174 valence electrons. The van der Waals surface area contributed by atoms with E-state index in [0.29, 0.717) is 13.2 Å². The third-order valence-electron chi connectivity index (χ3n) is 7.20. The quantitative estimate of drug-likeness (QED) is 0.281. The van der Waals surface area contributed by atoms with Crippen molar-refractivity contribution in [2.24, 2.45) is 0 Å². The van der Waals surface area contributed by atoms with E-state index in [4.69, 9.17) is 18.9 Å². The summed E-state index contributed by atoms with van der Waals surface area (Å²) in [5.74, 6) is 1.73. The van der Waals surface area contributed by atoms with Crippen LogP contribution in [-0.4, -0.2) is 38.6 Å². The van der Waals surface area contributed by atoms with Crippen LogP contribution in [0.15, 0.2) is 97.1 Å². The van der Waals surface area contributed by atoms with Crippen LogP contribution < -0.4 is 9.47 Å². The summed E-state index contributed by atoms with van der Waals surface area (Å²) in [6.07, 6.45) is 0.476. The molecule has 2 saturated heterocycles. The van der Waals surface area contributed by atoms with Crippen molar-refractivity contribution in [2.45, 2.75) is 17.6 Å². The van der Waals surface area contributed by atoms with Crippen LogP contribution in [0.25, 0.3) is 11.1 Å². The molecule has 0 bridgehead atoms. The van der Waals surface area contributed by atoms with Gasteiger partial charge in [0.15, 0.2) is 0 Å². The van der Waals surface area contributed by atoms with Crippen molar-refractivity contribution in [3.8, 4) is 22.6 Å². The lowest BCUT2D eigenvalue weighted by atomic mass is 9.68. The Morgan fingerprint density at radius 1 is 0.571 bits per heavy atom. The highest BCUT2D eigenvalue weighted by molar-refractivity contribution is 5.86. The van der Waals surface area contributed by atoms with Crippen molar-refractivity contribution < 1.29 is 18.9 Å². The van der Waals surface area contributed by atoms with Crippen LogP contribution in [0.5, 0.6) is 11.5 Å². The van der Waals surface area contributed by atoms with Crippen LogP contribution in [0.2, 0.25) is 0 Å². The second kappa shape index (κ2) is 8.26. The fourth-order valence-corrected chi connectivity index (χ4v) is 5.33. The van der Waals surface area contributed by atoms with Crippen molar-refractivity contribution in [1.82, 2.24) is 0 Å². The zero-order chi connectivity index (χ0) is 23.2. The lowest BCUT2D eigenvalue weighted by molar-refractivity contribution is 0.263. The Hall–Kier alpha value is -3.60. The third-order valence-corrected chi connectivity index (χ3v) is 7.20. The highest BCUT2D eigenvalue weighted by Crippen LogP contribution is 2.56. The van der Waals surface area contributed by atoms with Gasteiger partial charge in [0, 0.05) is 0 Å². The Kier molecular flexibility index (Phi) is 4.90. The second-order valence-electron chi connectivity index (χ2n) is 9.42. The van der Waals surface area contributed by atoms with E-state index in [0.717, 1.165) is 24.7 Å². The van der Waals surface area contributed by atoms with Crippen molar-refractivity contribution in [2.75, 3.05) is 26.4 Å². The SMILES string of the molecule is c1ccc2c(c1)-c1ccccc1C2(c1ccc(OCC2CO2)cc1)c1ccc(OC[C@@H]2CO2)cc1. The third kappa shape index (κ3) is 3.61. The Bertz CT molecular complexity index is 1240. The van der Waals surface area contributed by atoms with Gasteiger partial charge in [0.25, 0.3) is 0 Å². The molecule has 35 heavy (non-hydrogen) atoms. The van der Waals surface area contributed by atoms with Gasteiger partial charge in [-0.15, -0.1) is 0 Å². The van der Waals surface area contributed by atoms with E-state index < -0.39 is 5.41 Å². The van der Waals surface area contributed by atoms with E-state index in [1.165, 1.54) is 33.4 Å². The summed E-state index contributed by atoms with van der Waals surface area (Å²) in [5.41, 5.74) is 7.14. The molecule has 2 fully saturated rings. The number of ether oxygens (including phenoxy) is 4. The van der Waals surface area contributed by atoms with Gasteiger partial charge in [0.05, 0.1) is 18.6 Å². The van der Waals surface area contributed by atoms with Crippen LogP contribution in [0, 0.1) is 0 Å². The summed E-state index contributed by atoms with van der Waals surface area (Å²) in [6, 6.07) is 34.7. The fraction of sp³-hybridized carbons (Fsp3) is 0.226. The summed E-state index contributed by atoms with van der Waals surface area (Å²) in [5, 5.41) is 0. The molecular formula is C31H26O4. The minimum Gasteiger partial charge on any atom is -0.491 e. The zero-order valence-corrected chi connectivity index (χ0v) is 19.4. The fourth-order valence-electron chi connectivity index (χ4n) is 5.33. The van der Waals surface area contributed by atoms with Crippen molar-refractivity contribution >= 4 is 0 Å². The van der Waals surface area contributed by atoms with E-state index >= 15 is 0 Å². The Morgan fingerprint density at radius 3 is 1.37 bits per heavy atom. The first-order valence-corrected chi connectivity index (χ1v) is 12.2. The number of rotatable bonds is 8. The van der Waals surface area contributed by atoms with E-state index in [1.807, 2.05) is 0 Å². The van der Waals surface area contributed by atoms with Gasteiger partial charge in [0.2, 0.25) is 0 Å². The largest absolute Gasteiger partial charge is 0.491 e. The monoisotopic (exact) mass is 462 g/mol. The average molecular weight is 463 g/mol. The number of epoxide rings is 2. The Morgan fingerprint density at radius 2 is 0.971 bits per heavy atom. The van der Waals surface area contributed by atoms with Gasteiger partial charge in [-0.3, -0.25) is 0 Å². The molecule has 4 aromatic rings. The lowest BCUT2D eigenvalue weighted by Crippen LogP contribution is -2.28. The molecule has 0 N–H and O–H groups in total. The number of fused-ring (bicyclic) bond motifs is 3. The first kappa shape index (κ1) is 20.7. The molecule has 0 amide bonds. The molecule has 1 aliphatic carbocycles. The maximum absolute atomic E-state index is 5.94. The summed E-state index contributed by atoms with van der Waals surface area (Å²) in [6.45, 7) is 2.79. The van der Waals surface area contributed by atoms with E-state index in [-0.39, 0.29) is 12.2 Å². The summed E-state index contributed by atoms with van der Waals surface area (Å²) < 4.78 is 22.5. The van der Waals surface area contributed by atoms with Gasteiger partial charge in [-0.05, 0) is 57.6 Å². The van der Waals surface area contributed by atoms with Gasteiger partial charge >= 0.3 is 0 Å². The van der Waals surface area contributed by atoms with Crippen molar-refractivity contribution in [3.63, 3.8) is 0 Å². The molecule has 1 unspecified atom stereocenters. The van der Waals surface area contributed by atoms with Crippen LogP contribution in [0.3, 0.4) is 0 Å². The molecular weight excluding hydrogens is 436 g/mol. The molecule has 7 rings (SSSR count). The summed E-state index contributed by atoms with van der Waals surface area (Å²) in [7, 11) is 0. The summed E-state index contributed by atoms with van der Waals surface area (Å²) in [4.78, 5) is 0. The van der Waals surface area contributed by atoms with Crippen molar-refractivity contribution in [3.05, 3.63) is 119 Å². The standard InChI is InChI=1S/C31H26O4/c1-3-7-29-27(5-1)28-6-2-4-8-30(28)31(29,21-9-13-23(14-10-21)32-17-25-19-34-25)22-11-15-24(16-12-22)33-18-26-20-35-26/h1-16,25-26H,17-20H2/t25-,26?/m1/s1. The molecule has 4 heteroatoms. The lowest BCUT2D eigenvalue weighted by Gasteiger charge is -2.34. The zero-order valence-electron chi connectivity index (χ0n) is 19.4. The first-order valence-electron chi connectivity index (χ1n) is 12.2. The highest BCUT2D eigenvalue weighted by Gasteiger charge is 2.45. The van der Waals surface area contributed by atoms with Gasteiger partial charge in [-0.25, -0.2) is 0 Å². The first-order chi connectivity index (χ1) is 17.3. The topological polar surface area (TPSA) is 43.5 Å². The highest BCUT2D eigenvalue weighted by atomic mass is 16.6. The minimum absolute atomic E-state index is 0.238. The number of hydrogen-bond donors (Lipinski definition) is 0. The van der Waals surface area contributed by atoms with Gasteiger partial charge < -0.3 is 18.9 Å². The second-order valence-corrected chi connectivity index (χ2v) is 9.42. The maximum Gasteiger partial charge on any atom is 0.119 e. The van der Waals surface area contributed by atoms with E-state index in [2.05, 4.69) is 97.1 Å². The van der Waals surface area contributed by atoms with Gasteiger partial charge in [-0.1, -0.05) is 72.8 Å². The van der Waals surface area contributed by atoms with Crippen LogP contribution in [-0.2, 0) is 14.9 Å². The van der Waals surface area contributed by atoms with Crippen LogP contribution in [0.1, 0.15) is 22.3 Å². The molecule has 2 heterocycles. The molecule has 0 spiro atoms. The molecule has 2 atom stereocenters. The average Bonchev–Trinajstić information content (AvgIpc) is 3.85. The van der Waals surface area contributed by atoms with Crippen LogP contribution >= 0.6 is 0 Å². The maximum atomic E-state index is 5.94. The number of benzene rings is 4. The normalized spacial score (nSPS) is 20.6. The van der Waals surface area contributed by atoms with Crippen molar-refractivity contribution in [1.29, 1.82) is 0 Å². The molecule has 4 aromatic carbocycles. The predicted octanol–water partition coefficient (Wildman–Crippen LogP) is 5.60. The van der Waals surface area contributed by atoms with E-state index in [1.54, 1.807) is 0 Å². The van der Waals surface area contributed by atoms with Gasteiger partial charge in [-0.2, -0.15) is 0 Å². The Labute approximate surface area is 205 Å².